The standard InChI is InChI=1S/C13H11ClFN3O2S/c14-10-3-8(1-2-11(10)15)13(20)17-5-12(19)16-4-9-6-21-7-18-9/h1-3,6-7H,4-5H2,(H,16,19)(H,17,20). The fourth-order valence-corrected chi connectivity index (χ4v) is 2.22. The third-order valence-corrected chi connectivity index (χ3v) is 3.47. The van der Waals surface area contributed by atoms with Crippen LogP contribution in [0, 0.1) is 5.82 Å². The van der Waals surface area contributed by atoms with Crippen molar-refractivity contribution in [1.82, 2.24) is 15.6 Å². The summed E-state index contributed by atoms with van der Waals surface area (Å²) in [5, 5.41) is 6.72. The van der Waals surface area contributed by atoms with Crippen LogP contribution in [-0.4, -0.2) is 23.3 Å². The van der Waals surface area contributed by atoms with Crippen LogP contribution in [-0.2, 0) is 11.3 Å². The maximum absolute atomic E-state index is 13.0. The first kappa shape index (κ1) is 15.4. The predicted molar refractivity (Wildman–Crippen MR) is 77.7 cm³/mol. The third-order valence-electron chi connectivity index (χ3n) is 2.54. The van der Waals surface area contributed by atoms with Gasteiger partial charge in [0.1, 0.15) is 5.82 Å². The Balaban J connectivity index is 1.80. The molecule has 2 aromatic rings. The van der Waals surface area contributed by atoms with E-state index in [1.54, 1.807) is 5.51 Å². The Labute approximate surface area is 129 Å². The molecule has 0 aliphatic rings. The number of nitrogens with zero attached hydrogens (tertiary/aromatic N) is 1. The molecule has 0 fully saturated rings. The highest BCUT2D eigenvalue weighted by Crippen LogP contribution is 2.15. The monoisotopic (exact) mass is 327 g/mol. The lowest BCUT2D eigenvalue weighted by Crippen LogP contribution is -2.36. The first-order valence-corrected chi connectivity index (χ1v) is 7.25. The van der Waals surface area contributed by atoms with E-state index >= 15 is 0 Å². The molecule has 21 heavy (non-hydrogen) atoms. The minimum atomic E-state index is -0.603. The molecular formula is C13H11ClFN3O2S. The molecule has 5 nitrogen and oxygen atoms in total. The molecule has 1 aromatic carbocycles. The van der Waals surface area contributed by atoms with E-state index in [1.807, 2.05) is 5.38 Å². The molecule has 0 unspecified atom stereocenters. The number of hydrogen-bond donors (Lipinski definition) is 2. The molecule has 8 heteroatoms. The zero-order chi connectivity index (χ0) is 15.2. The van der Waals surface area contributed by atoms with Gasteiger partial charge in [0, 0.05) is 10.9 Å². The van der Waals surface area contributed by atoms with Crippen molar-refractivity contribution in [3.05, 3.63) is 51.2 Å². The molecule has 0 bridgehead atoms. The van der Waals surface area contributed by atoms with Crippen LogP contribution in [0.3, 0.4) is 0 Å². The van der Waals surface area contributed by atoms with E-state index in [-0.39, 0.29) is 23.0 Å². The molecule has 0 spiro atoms. The van der Waals surface area contributed by atoms with E-state index in [0.717, 1.165) is 11.8 Å². The first-order chi connectivity index (χ1) is 10.1. The van der Waals surface area contributed by atoms with Gasteiger partial charge >= 0.3 is 0 Å². The van der Waals surface area contributed by atoms with Crippen LogP contribution in [0.1, 0.15) is 16.1 Å². The van der Waals surface area contributed by atoms with Crippen molar-refractivity contribution in [1.29, 1.82) is 0 Å². The first-order valence-electron chi connectivity index (χ1n) is 5.93. The van der Waals surface area contributed by atoms with Gasteiger partial charge in [0.2, 0.25) is 5.91 Å². The number of amides is 2. The molecular weight excluding hydrogens is 317 g/mol. The molecule has 0 aliphatic carbocycles. The largest absolute Gasteiger partial charge is 0.349 e. The number of nitrogens with one attached hydrogen (secondary N) is 2. The van der Waals surface area contributed by atoms with Crippen LogP contribution < -0.4 is 10.6 Å². The topological polar surface area (TPSA) is 71.1 Å². The summed E-state index contributed by atoms with van der Waals surface area (Å²) in [6.45, 7) is 0.124. The summed E-state index contributed by atoms with van der Waals surface area (Å²) in [4.78, 5) is 27.3. The van der Waals surface area contributed by atoms with Crippen molar-refractivity contribution < 1.29 is 14.0 Å². The molecule has 110 valence electrons. The minimum absolute atomic E-state index is 0.143. The van der Waals surface area contributed by atoms with E-state index in [2.05, 4.69) is 15.6 Å². The number of aromatic nitrogens is 1. The number of halogens is 2. The second kappa shape index (κ2) is 7.14. The molecule has 0 saturated carbocycles. The molecule has 1 aromatic heterocycles. The van der Waals surface area contributed by atoms with Gasteiger partial charge < -0.3 is 10.6 Å². The van der Waals surface area contributed by atoms with Crippen LogP contribution in [0.25, 0.3) is 0 Å². The van der Waals surface area contributed by atoms with Gasteiger partial charge in [0.15, 0.2) is 0 Å². The minimum Gasteiger partial charge on any atom is -0.349 e. The molecule has 2 rings (SSSR count). The van der Waals surface area contributed by atoms with Gasteiger partial charge in [-0.25, -0.2) is 9.37 Å². The Morgan fingerprint density at radius 2 is 2.14 bits per heavy atom. The van der Waals surface area contributed by atoms with Gasteiger partial charge in [0.05, 0.1) is 29.3 Å². The van der Waals surface area contributed by atoms with Crippen molar-refractivity contribution in [2.45, 2.75) is 6.54 Å². The van der Waals surface area contributed by atoms with Crippen molar-refractivity contribution in [3.8, 4) is 0 Å². The van der Waals surface area contributed by atoms with E-state index in [0.29, 0.717) is 6.54 Å². The number of hydrogen-bond acceptors (Lipinski definition) is 4. The lowest BCUT2D eigenvalue weighted by atomic mass is 10.2. The Kier molecular flexibility index (Phi) is 5.24. The molecule has 2 amide bonds. The Hall–Kier alpha value is -1.99. The summed E-state index contributed by atoms with van der Waals surface area (Å²) < 4.78 is 13.0. The molecule has 0 radical (unpaired) electrons. The van der Waals surface area contributed by atoms with E-state index in [1.165, 1.54) is 23.5 Å². The van der Waals surface area contributed by atoms with Crippen molar-refractivity contribution in [3.63, 3.8) is 0 Å². The molecule has 1 heterocycles. The summed E-state index contributed by atoms with van der Waals surface area (Å²) in [5.74, 6) is -1.44. The average Bonchev–Trinajstić information content (AvgIpc) is 2.98. The van der Waals surface area contributed by atoms with Crippen molar-refractivity contribution in [2.75, 3.05) is 6.54 Å². The highest BCUT2D eigenvalue weighted by atomic mass is 35.5. The highest BCUT2D eigenvalue weighted by Gasteiger charge is 2.10. The van der Waals surface area contributed by atoms with Gasteiger partial charge in [-0.3, -0.25) is 9.59 Å². The highest BCUT2D eigenvalue weighted by molar-refractivity contribution is 7.07. The quantitative estimate of drug-likeness (QED) is 0.882. The molecule has 0 aliphatic heterocycles. The van der Waals surface area contributed by atoms with E-state index < -0.39 is 11.7 Å². The fraction of sp³-hybridized carbons (Fsp3) is 0.154. The fourth-order valence-electron chi connectivity index (χ4n) is 1.48. The lowest BCUT2D eigenvalue weighted by molar-refractivity contribution is -0.120. The normalized spacial score (nSPS) is 10.2. The Morgan fingerprint density at radius 1 is 1.33 bits per heavy atom. The second-order valence-corrected chi connectivity index (χ2v) is 5.19. The van der Waals surface area contributed by atoms with Gasteiger partial charge in [-0.2, -0.15) is 0 Å². The maximum atomic E-state index is 13.0. The smallest absolute Gasteiger partial charge is 0.251 e. The van der Waals surface area contributed by atoms with Crippen LogP contribution in [0.5, 0.6) is 0 Å². The third kappa shape index (κ3) is 4.51. The Bertz CT molecular complexity index is 649. The number of carbonyl (C=O) groups is 2. The lowest BCUT2D eigenvalue weighted by Gasteiger charge is -2.06. The summed E-state index contributed by atoms with van der Waals surface area (Å²) >= 11 is 7.02. The van der Waals surface area contributed by atoms with Gasteiger partial charge in [-0.15, -0.1) is 11.3 Å². The van der Waals surface area contributed by atoms with Crippen molar-refractivity contribution in [2.24, 2.45) is 0 Å². The van der Waals surface area contributed by atoms with Gasteiger partial charge in [-0.1, -0.05) is 11.6 Å². The van der Waals surface area contributed by atoms with Crippen LogP contribution in [0.15, 0.2) is 29.1 Å². The maximum Gasteiger partial charge on any atom is 0.251 e. The second-order valence-electron chi connectivity index (χ2n) is 4.07. The van der Waals surface area contributed by atoms with E-state index in [9.17, 15) is 14.0 Å². The molecule has 0 atom stereocenters. The number of rotatable bonds is 5. The summed E-state index contributed by atoms with van der Waals surface area (Å²) in [7, 11) is 0. The van der Waals surface area contributed by atoms with Crippen LogP contribution in [0.4, 0.5) is 4.39 Å². The van der Waals surface area contributed by atoms with Crippen molar-refractivity contribution >= 4 is 34.8 Å². The summed E-state index contributed by atoms with van der Waals surface area (Å²) in [5.41, 5.74) is 2.61. The zero-order valence-electron chi connectivity index (χ0n) is 10.7. The number of carbonyl (C=O) groups excluding carboxylic acids is 2. The number of benzene rings is 1. The Morgan fingerprint density at radius 3 is 2.81 bits per heavy atom. The van der Waals surface area contributed by atoms with Gasteiger partial charge in [-0.05, 0) is 18.2 Å². The average molecular weight is 328 g/mol. The summed E-state index contributed by atoms with van der Waals surface area (Å²) in [6, 6.07) is 3.60. The van der Waals surface area contributed by atoms with Crippen LogP contribution >= 0.6 is 22.9 Å². The number of thiazole rings is 1. The summed E-state index contributed by atoms with van der Waals surface area (Å²) in [6.07, 6.45) is 0. The SMILES string of the molecule is O=C(CNC(=O)c1ccc(F)c(Cl)c1)NCc1cscn1. The van der Waals surface area contributed by atoms with Crippen LogP contribution in [0.2, 0.25) is 5.02 Å². The zero-order valence-corrected chi connectivity index (χ0v) is 12.3. The van der Waals surface area contributed by atoms with Gasteiger partial charge in [0.25, 0.3) is 5.91 Å². The predicted octanol–water partition coefficient (Wildman–Crippen LogP) is 1.98. The molecule has 2 N–H and O–H groups in total. The molecule has 0 saturated heterocycles. The van der Waals surface area contributed by atoms with E-state index in [4.69, 9.17) is 11.6 Å².